The number of hydrogen-bond acceptors (Lipinski definition) is 2. The Hall–Kier alpha value is -1.32. The van der Waals surface area contributed by atoms with Crippen LogP contribution in [0.3, 0.4) is 0 Å². The topological polar surface area (TPSA) is 55.1 Å². The lowest BCUT2D eigenvalue weighted by atomic mass is 9.66. The smallest absolute Gasteiger partial charge is 0.306 e. The molecular formula is C15H24N2O2. The fourth-order valence-electron chi connectivity index (χ4n) is 3.40. The molecule has 0 bridgehead atoms. The summed E-state index contributed by atoms with van der Waals surface area (Å²) in [6.45, 7) is 6.46. The molecule has 1 heterocycles. The predicted molar refractivity (Wildman–Crippen MR) is 73.9 cm³/mol. The van der Waals surface area contributed by atoms with Gasteiger partial charge >= 0.3 is 5.97 Å². The van der Waals surface area contributed by atoms with Crippen molar-refractivity contribution < 1.29 is 9.90 Å². The average molecular weight is 264 g/mol. The molecule has 4 heteroatoms. The second-order valence-corrected chi connectivity index (χ2v) is 6.72. The number of aromatic nitrogens is 2. The molecule has 1 aromatic rings. The van der Waals surface area contributed by atoms with Gasteiger partial charge in [0.25, 0.3) is 0 Å². The Labute approximate surface area is 114 Å². The highest BCUT2D eigenvalue weighted by Gasteiger charge is 2.38. The van der Waals surface area contributed by atoms with Crippen LogP contribution in [0.2, 0.25) is 0 Å². The molecule has 0 aliphatic heterocycles. The Morgan fingerprint density at radius 3 is 2.79 bits per heavy atom. The van der Waals surface area contributed by atoms with Crippen LogP contribution in [0.15, 0.2) is 6.07 Å². The van der Waals surface area contributed by atoms with E-state index in [9.17, 15) is 9.90 Å². The van der Waals surface area contributed by atoms with Crippen molar-refractivity contribution in [1.29, 1.82) is 0 Å². The Kier molecular flexibility index (Phi) is 3.70. The lowest BCUT2D eigenvalue weighted by molar-refractivity contribution is -0.146. The van der Waals surface area contributed by atoms with Crippen LogP contribution in [0.25, 0.3) is 0 Å². The Morgan fingerprint density at radius 1 is 1.58 bits per heavy atom. The van der Waals surface area contributed by atoms with E-state index >= 15 is 0 Å². The number of rotatable bonds is 3. The van der Waals surface area contributed by atoms with E-state index in [1.165, 1.54) is 0 Å². The van der Waals surface area contributed by atoms with Crippen molar-refractivity contribution in [1.82, 2.24) is 9.78 Å². The van der Waals surface area contributed by atoms with Gasteiger partial charge in [-0.3, -0.25) is 9.48 Å². The number of carboxylic acids is 1. The molecular weight excluding hydrogens is 240 g/mol. The summed E-state index contributed by atoms with van der Waals surface area (Å²) in [4.78, 5) is 11.4. The predicted octanol–water partition coefficient (Wildman–Crippen LogP) is 2.80. The molecule has 1 N–H and O–H groups in total. The van der Waals surface area contributed by atoms with E-state index in [1.54, 1.807) is 0 Å². The van der Waals surface area contributed by atoms with Gasteiger partial charge in [0, 0.05) is 12.7 Å². The van der Waals surface area contributed by atoms with Gasteiger partial charge in [-0.2, -0.15) is 5.10 Å². The molecule has 0 saturated heterocycles. The van der Waals surface area contributed by atoms with Crippen LogP contribution >= 0.6 is 0 Å². The van der Waals surface area contributed by atoms with E-state index in [1.807, 2.05) is 18.7 Å². The van der Waals surface area contributed by atoms with E-state index in [4.69, 9.17) is 0 Å². The summed E-state index contributed by atoms with van der Waals surface area (Å²) in [5.41, 5.74) is 2.40. The summed E-state index contributed by atoms with van der Waals surface area (Å²) in [7, 11) is 1.94. The first-order chi connectivity index (χ1) is 8.78. The van der Waals surface area contributed by atoms with Gasteiger partial charge in [-0.15, -0.1) is 0 Å². The first kappa shape index (κ1) is 14.1. The molecule has 0 spiro atoms. The van der Waals surface area contributed by atoms with Gasteiger partial charge in [0.15, 0.2) is 0 Å². The number of carboxylic acid groups (broad SMARTS) is 1. The minimum Gasteiger partial charge on any atom is -0.481 e. The molecule has 106 valence electrons. The average Bonchev–Trinajstić information content (AvgIpc) is 2.55. The fourth-order valence-corrected chi connectivity index (χ4v) is 3.40. The van der Waals surface area contributed by atoms with Gasteiger partial charge in [0.2, 0.25) is 0 Å². The molecule has 0 radical (unpaired) electrons. The number of carbonyl (C=O) groups is 1. The summed E-state index contributed by atoms with van der Waals surface area (Å²) >= 11 is 0. The second kappa shape index (κ2) is 4.99. The molecule has 1 fully saturated rings. The van der Waals surface area contributed by atoms with Crippen LogP contribution in [-0.4, -0.2) is 20.9 Å². The van der Waals surface area contributed by atoms with Gasteiger partial charge in [0.05, 0.1) is 11.6 Å². The largest absolute Gasteiger partial charge is 0.481 e. The van der Waals surface area contributed by atoms with Crippen LogP contribution in [0, 0.1) is 24.2 Å². The zero-order chi connectivity index (χ0) is 14.2. The van der Waals surface area contributed by atoms with Crippen molar-refractivity contribution in [3.05, 3.63) is 17.5 Å². The van der Waals surface area contributed by atoms with E-state index < -0.39 is 5.97 Å². The minimum absolute atomic E-state index is 0.205. The maximum absolute atomic E-state index is 11.4. The van der Waals surface area contributed by atoms with Crippen molar-refractivity contribution in [2.75, 3.05) is 0 Å². The van der Waals surface area contributed by atoms with Crippen molar-refractivity contribution >= 4 is 5.97 Å². The zero-order valence-corrected chi connectivity index (χ0v) is 12.3. The molecule has 2 unspecified atom stereocenters. The summed E-state index contributed by atoms with van der Waals surface area (Å²) in [5, 5.41) is 13.8. The zero-order valence-electron chi connectivity index (χ0n) is 12.3. The monoisotopic (exact) mass is 264 g/mol. The number of nitrogens with zero attached hydrogens (tertiary/aromatic N) is 2. The van der Waals surface area contributed by atoms with Crippen LogP contribution in [-0.2, 0) is 18.3 Å². The number of aliphatic carboxylic acids is 1. The standard InChI is InChI=1S/C15H24N2O2/c1-10-7-12(17(4)16-10)8-11-9-15(2,3)6-5-13(11)14(18)19/h7,11,13H,5-6,8-9H2,1-4H3,(H,18,19). The summed E-state index contributed by atoms with van der Waals surface area (Å²) in [6.07, 6.45) is 3.60. The lowest BCUT2D eigenvalue weighted by Crippen LogP contribution is -2.35. The Balaban J connectivity index is 2.18. The molecule has 1 saturated carbocycles. The summed E-state index contributed by atoms with van der Waals surface area (Å²) < 4.78 is 1.88. The molecule has 0 amide bonds. The third-order valence-corrected chi connectivity index (χ3v) is 4.40. The van der Waals surface area contributed by atoms with Crippen molar-refractivity contribution in [2.24, 2.45) is 24.3 Å². The Morgan fingerprint density at radius 2 is 2.26 bits per heavy atom. The third-order valence-electron chi connectivity index (χ3n) is 4.40. The first-order valence-electron chi connectivity index (χ1n) is 7.01. The van der Waals surface area contributed by atoms with Gasteiger partial charge in [-0.25, -0.2) is 0 Å². The van der Waals surface area contributed by atoms with Crippen molar-refractivity contribution in [3.8, 4) is 0 Å². The van der Waals surface area contributed by atoms with Gasteiger partial charge in [-0.05, 0) is 50.0 Å². The molecule has 2 atom stereocenters. The molecule has 1 aromatic heterocycles. The fraction of sp³-hybridized carbons (Fsp3) is 0.733. The number of aryl methyl sites for hydroxylation is 2. The maximum atomic E-state index is 11.4. The van der Waals surface area contributed by atoms with Crippen LogP contribution in [0.1, 0.15) is 44.5 Å². The van der Waals surface area contributed by atoms with Crippen LogP contribution in [0.4, 0.5) is 0 Å². The molecule has 1 aliphatic rings. The minimum atomic E-state index is -0.639. The third kappa shape index (κ3) is 3.17. The summed E-state index contributed by atoms with van der Waals surface area (Å²) in [5.74, 6) is -0.626. The van der Waals surface area contributed by atoms with Crippen LogP contribution < -0.4 is 0 Å². The molecule has 0 aromatic carbocycles. The lowest BCUT2D eigenvalue weighted by Gasteiger charge is -2.39. The highest BCUT2D eigenvalue weighted by Crippen LogP contribution is 2.43. The quantitative estimate of drug-likeness (QED) is 0.913. The van der Waals surface area contributed by atoms with Gasteiger partial charge < -0.3 is 5.11 Å². The normalized spacial score (nSPS) is 26.3. The highest BCUT2D eigenvalue weighted by molar-refractivity contribution is 5.70. The van der Waals surface area contributed by atoms with Crippen molar-refractivity contribution in [2.45, 2.75) is 46.5 Å². The molecule has 1 aliphatic carbocycles. The van der Waals surface area contributed by atoms with E-state index in [-0.39, 0.29) is 17.3 Å². The molecule has 2 rings (SSSR count). The van der Waals surface area contributed by atoms with Gasteiger partial charge in [0.1, 0.15) is 0 Å². The maximum Gasteiger partial charge on any atom is 0.306 e. The molecule has 19 heavy (non-hydrogen) atoms. The van der Waals surface area contributed by atoms with E-state index in [2.05, 4.69) is 25.0 Å². The van der Waals surface area contributed by atoms with Gasteiger partial charge in [-0.1, -0.05) is 13.8 Å². The van der Waals surface area contributed by atoms with E-state index in [0.29, 0.717) is 0 Å². The number of hydrogen-bond donors (Lipinski definition) is 1. The summed E-state index contributed by atoms with van der Waals surface area (Å²) in [6, 6.07) is 2.07. The molecule has 4 nitrogen and oxygen atoms in total. The van der Waals surface area contributed by atoms with Crippen molar-refractivity contribution in [3.63, 3.8) is 0 Å². The second-order valence-electron chi connectivity index (χ2n) is 6.72. The van der Waals surface area contributed by atoms with Crippen LogP contribution in [0.5, 0.6) is 0 Å². The highest BCUT2D eigenvalue weighted by atomic mass is 16.4. The van der Waals surface area contributed by atoms with E-state index in [0.717, 1.165) is 37.1 Å². The Bertz CT molecular complexity index is 476. The first-order valence-corrected chi connectivity index (χ1v) is 7.01. The SMILES string of the molecule is Cc1cc(CC2CC(C)(C)CCC2C(=O)O)n(C)n1.